The van der Waals surface area contributed by atoms with Crippen LogP contribution in [-0.2, 0) is 0 Å². The fourth-order valence-corrected chi connectivity index (χ4v) is 5.77. The van der Waals surface area contributed by atoms with Gasteiger partial charge in [0.05, 0.1) is 16.4 Å². The first-order chi connectivity index (χ1) is 9.52. The van der Waals surface area contributed by atoms with Crippen LogP contribution >= 0.6 is 35.3 Å². The van der Waals surface area contributed by atoms with E-state index < -0.39 is 18.3 Å². The van der Waals surface area contributed by atoms with Gasteiger partial charge in [0.2, 0.25) is 0 Å². The van der Waals surface area contributed by atoms with Crippen molar-refractivity contribution in [3.63, 3.8) is 0 Å². The van der Waals surface area contributed by atoms with Gasteiger partial charge in [0.1, 0.15) is 12.2 Å². The zero-order chi connectivity index (χ0) is 14.7. The Morgan fingerprint density at radius 1 is 1.35 bits per heavy atom. The largest absolute Gasteiger partial charge is 0.389 e. The molecule has 2 aliphatic rings. The van der Waals surface area contributed by atoms with Crippen LogP contribution in [0.2, 0.25) is 0 Å². The number of aliphatic hydroxyl groups excluding tert-OH is 3. The van der Waals surface area contributed by atoms with Crippen LogP contribution in [0.1, 0.15) is 0 Å². The van der Waals surface area contributed by atoms with Gasteiger partial charge in [-0.05, 0) is 24.0 Å². The van der Waals surface area contributed by atoms with E-state index in [9.17, 15) is 15.3 Å². The molecule has 0 aromatic rings. The van der Waals surface area contributed by atoms with Crippen LogP contribution in [0.3, 0.4) is 0 Å². The predicted molar refractivity (Wildman–Crippen MR) is 89.0 cm³/mol. The number of aliphatic hydroxyl groups is 3. The SMILES string of the molecule is CSCC1=CC(=N)C=CC1S[C@H]1SC[C@H](O)[C@H](O)[C@H]1O. The van der Waals surface area contributed by atoms with Gasteiger partial charge in [-0.2, -0.15) is 11.8 Å². The molecule has 0 saturated carbocycles. The zero-order valence-electron chi connectivity index (χ0n) is 11.1. The quantitative estimate of drug-likeness (QED) is 0.617. The average Bonchev–Trinajstić information content (AvgIpc) is 2.42. The first kappa shape index (κ1) is 16.5. The summed E-state index contributed by atoms with van der Waals surface area (Å²) in [7, 11) is 0. The van der Waals surface area contributed by atoms with Crippen LogP contribution in [0, 0.1) is 5.41 Å². The molecule has 5 atom stereocenters. The topological polar surface area (TPSA) is 84.5 Å². The molecule has 2 rings (SSSR count). The van der Waals surface area contributed by atoms with Gasteiger partial charge in [0.15, 0.2) is 0 Å². The van der Waals surface area contributed by atoms with Gasteiger partial charge in [-0.1, -0.05) is 6.08 Å². The normalized spacial score (nSPS) is 37.9. The summed E-state index contributed by atoms with van der Waals surface area (Å²) in [5.41, 5.74) is 1.65. The molecule has 0 aromatic heterocycles. The van der Waals surface area contributed by atoms with Gasteiger partial charge in [-0.25, -0.2) is 0 Å². The molecule has 20 heavy (non-hydrogen) atoms. The summed E-state index contributed by atoms with van der Waals surface area (Å²) in [6.45, 7) is 0. The van der Waals surface area contributed by atoms with Crippen molar-refractivity contribution in [1.82, 2.24) is 0 Å². The lowest BCUT2D eigenvalue weighted by molar-refractivity contribution is -0.0474. The fraction of sp³-hybridized carbons (Fsp3) is 0.615. The molecule has 0 amide bonds. The lowest BCUT2D eigenvalue weighted by Crippen LogP contribution is -2.48. The van der Waals surface area contributed by atoms with Crippen molar-refractivity contribution in [2.45, 2.75) is 28.1 Å². The fourth-order valence-electron chi connectivity index (χ4n) is 2.11. The van der Waals surface area contributed by atoms with Crippen LogP contribution in [0.4, 0.5) is 0 Å². The molecule has 0 radical (unpaired) electrons. The van der Waals surface area contributed by atoms with Crippen LogP contribution < -0.4 is 0 Å². The van der Waals surface area contributed by atoms with Gasteiger partial charge in [0, 0.05) is 16.8 Å². The molecule has 1 fully saturated rings. The Hall–Kier alpha value is 0.0800. The second kappa shape index (κ2) is 7.38. The lowest BCUT2D eigenvalue weighted by Gasteiger charge is -2.36. The standard InChI is InChI=1S/C13H19NO3S3/c1-18-5-7-4-8(14)2-3-10(7)20-13-12(17)11(16)9(15)6-19-13/h2-4,9-17H,5-6H2,1H3/t9-,10?,11-,12+,13+/m0/s1. The molecule has 0 bridgehead atoms. The van der Waals surface area contributed by atoms with E-state index in [1.807, 2.05) is 18.4 Å². The van der Waals surface area contributed by atoms with Crippen molar-refractivity contribution >= 4 is 41.0 Å². The highest BCUT2D eigenvalue weighted by molar-refractivity contribution is 8.17. The van der Waals surface area contributed by atoms with E-state index in [1.165, 1.54) is 11.8 Å². The van der Waals surface area contributed by atoms with Crippen molar-refractivity contribution in [3.8, 4) is 0 Å². The number of nitrogens with one attached hydrogen (secondary N) is 1. The van der Waals surface area contributed by atoms with E-state index >= 15 is 0 Å². The maximum atomic E-state index is 10.1. The molecule has 0 aromatic carbocycles. The Bertz CT molecular complexity index is 427. The van der Waals surface area contributed by atoms with Gasteiger partial charge >= 0.3 is 0 Å². The van der Waals surface area contributed by atoms with E-state index in [-0.39, 0.29) is 9.83 Å². The van der Waals surface area contributed by atoms with Crippen molar-refractivity contribution in [1.29, 1.82) is 5.41 Å². The Morgan fingerprint density at radius 2 is 2.10 bits per heavy atom. The molecular weight excluding hydrogens is 314 g/mol. The third kappa shape index (κ3) is 3.84. The minimum Gasteiger partial charge on any atom is -0.389 e. The van der Waals surface area contributed by atoms with Gasteiger partial charge in [-0.3, -0.25) is 0 Å². The van der Waals surface area contributed by atoms with E-state index in [0.717, 1.165) is 11.3 Å². The summed E-state index contributed by atoms with van der Waals surface area (Å²) in [5, 5.41) is 37.2. The molecule has 1 heterocycles. The number of thioether (sulfide) groups is 3. The zero-order valence-corrected chi connectivity index (χ0v) is 13.5. The molecule has 0 spiro atoms. The van der Waals surface area contributed by atoms with Crippen LogP contribution in [0.25, 0.3) is 0 Å². The third-order valence-electron chi connectivity index (χ3n) is 3.20. The van der Waals surface area contributed by atoms with E-state index in [0.29, 0.717) is 11.5 Å². The summed E-state index contributed by atoms with van der Waals surface area (Å²) in [6, 6.07) is 0. The van der Waals surface area contributed by atoms with Crippen molar-refractivity contribution in [3.05, 3.63) is 23.8 Å². The number of allylic oxidation sites excluding steroid dienone is 2. The first-order valence-corrected chi connectivity index (χ1v) is 9.69. The Labute approximate surface area is 131 Å². The molecule has 1 aliphatic carbocycles. The van der Waals surface area contributed by atoms with Crippen molar-refractivity contribution in [2.24, 2.45) is 0 Å². The minimum atomic E-state index is -1.08. The molecule has 4 nitrogen and oxygen atoms in total. The Morgan fingerprint density at radius 3 is 2.80 bits per heavy atom. The second-order valence-corrected chi connectivity index (χ2v) is 8.40. The highest BCUT2D eigenvalue weighted by atomic mass is 32.2. The number of hydrogen-bond donors (Lipinski definition) is 4. The van der Waals surface area contributed by atoms with Crippen molar-refractivity contribution < 1.29 is 15.3 Å². The second-order valence-electron chi connectivity index (χ2n) is 4.77. The third-order valence-corrected chi connectivity index (χ3v) is 7.01. The smallest absolute Gasteiger partial charge is 0.108 e. The summed E-state index contributed by atoms with van der Waals surface area (Å²) in [5.74, 6) is 1.28. The van der Waals surface area contributed by atoms with Crippen LogP contribution in [0.5, 0.6) is 0 Å². The maximum Gasteiger partial charge on any atom is 0.108 e. The molecule has 1 saturated heterocycles. The van der Waals surface area contributed by atoms with E-state index in [1.54, 1.807) is 29.6 Å². The van der Waals surface area contributed by atoms with Gasteiger partial charge in [-0.15, -0.1) is 23.5 Å². The van der Waals surface area contributed by atoms with E-state index in [4.69, 9.17) is 5.41 Å². The molecular formula is C13H19NO3S3. The Balaban J connectivity index is 2.03. The molecule has 4 N–H and O–H groups in total. The van der Waals surface area contributed by atoms with Crippen LogP contribution in [0.15, 0.2) is 23.8 Å². The summed E-state index contributed by atoms with van der Waals surface area (Å²) < 4.78 is -0.166. The van der Waals surface area contributed by atoms with Gasteiger partial charge in [0.25, 0.3) is 0 Å². The van der Waals surface area contributed by atoms with E-state index in [2.05, 4.69) is 0 Å². The number of rotatable bonds is 4. The monoisotopic (exact) mass is 333 g/mol. The first-order valence-electron chi connectivity index (χ1n) is 6.30. The maximum absolute atomic E-state index is 10.1. The summed E-state index contributed by atoms with van der Waals surface area (Å²) in [6.07, 6.45) is 4.78. The molecule has 112 valence electrons. The molecule has 7 heteroatoms. The van der Waals surface area contributed by atoms with Crippen LogP contribution in [-0.4, -0.2) is 66.9 Å². The predicted octanol–water partition coefficient (Wildman–Crippen LogP) is 1.12. The highest BCUT2D eigenvalue weighted by Crippen LogP contribution is 2.40. The highest BCUT2D eigenvalue weighted by Gasteiger charge is 2.38. The average molecular weight is 334 g/mol. The summed E-state index contributed by atoms with van der Waals surface area (Å²) in [4.78, 5) is 0. The minimum absolute atomic E-state index is 0.117. The van der Waals surface area contributed by atoms with Crippen molar-refractivity contribution in [2.75, 3.05) is 17.8 Å². The molecule has 1 unspecified atom stereocenters. The van der Waals surface area contributed by atoms with Gasteiger partial charge < -0.3 is 20.7 Å². The lowest BCUT2D eigenvalue weighted by atomic mass is 10.1. The summed E-state index contributed by atoms with van der Waals surface area (Å²) >= 11 is 4.77. The number of hydrogen-bond acceptors (Lipinski definition) is 7. The molecule has 1 aliphatic heterocycles. The Kier molecular flexibility index (Phi) is 6.07.